The first-order valence-corrected chi connectivity index (χ1v) is 8.87. The summed E-state index contributed by atoms with van der Waals surface area (Å²) >= 11 is 1.35. The highest BCUT2D eigenvalue weighted by Crippen LogP contribution is 2.33. The smallest absolute Gasteiger partial charge is 0.267 e. The van der Waals surface area contributed by atoms with Crippen molar-refractivity contribution >= 4 is 38.8 Å². The number of rotatable bonds is 4. The predicted octanol–water partition coefficient (Wildman–Crippen LogP) is 4.70. The molecule has 0 saturated heterocycles. The largest absolute Gasteiger partial charge is 0.397 e. The van der Waals surface area contributed by atoms with E-state index in [1.165, 1.54) is 16.9 Å². The van der Waals surface area contributed by atoms with Crippen LogP contribution in [0.25, 0.3) is 10.2 Å². The molecule has 0 aliphatic rings. The third-order valence-electron chi connectivity index (χ3n) is 4.13. The first-order chi connectivity index (χ1) is 11.5. The zero-order valence-corrected chi connectivity index (χ0v) is 15.0. The molecule has 3 N–H and O–H groups in total. The standard InChI is InChI=1S/C19H21N3OS/c1-4-5-13-8-9-15-16(20)17(24-19(15)22-13)18(23)21-14-7-6-11(2)12(3)10-14/h6-10H,4-5,20H2,1-3H3,(H,21,23). The first-order valence-electron chi connectivity index (χ1n) is 8.06. The molecular formula is C19H21N3OS. The number of pyridine rings is 1. The molecule has 124 valence electrons. The highest BCUT2D eigenvalue weighted by atomic mass is 32.1. The number of carbonyl (C=O) groups excluding carboxylic acids is 1. The number of fused-ring (bicyclic) bond motifs is 1. The average molecular weight is 339 g/mol. The van der Waals surface area contributed by atoms with Crippen LogP contribution in [0.3, 0.4) is 0 Å². The molecule has 0 saturated carbocycles. The lowest BCUT2D eigenvalue weighted by atomic mass is 10.1. The van der Waals surface area contributed by atoms with Crippen molar-refractivity contribution in [2.24, 2.45) is 0 Å². The number of nitrogens with two attached hydrogens (primary N) is 1. The number of hydrogen-bond donors (Lipinski definition) is 2. The Labute approximate surface area is 145 Å². The molecule has 5 heteroatoms. The van der Waals surface area contributed by atoms with Gasteiger partial charge in [-0.1, -0.05) is 19.4 Å². The fraction of sp³-hybridized carbons (Fsp3) is 0.263. The third kappa shape index (κ3) is 3.12. The van der Waals surface area contributed by atoms with E-state index in [0.29, 0.717) is 10.6 Å². The van der Waals surface area contributed by atoms with Crippen LogP contribution in [0.4, 0.5) is 11.4 Å². The van der Waals surface area contributed by atoms with Gasteiger partial charge in [-0.25, -0.2) is 4.98 Å². The number of amides is 1. The summed E-state index contributed by atoms with van der Waals surface area (Å²) in [7, 11) is 0. The predicted molar refractivity (Wildman–Crippen MR) is 102 cm³/mol. The number of nitrogens with one attached hydrogen (secondary N) is 1. The molecule has 2 aromatic heterocycles. The van der Waals surface area contributed by atoms with Crippen LogP contribution in [0, 0.1) is 13.8 Å². The van der Waals surface area contributed by atoms with Crippen molar-refractivity contribution in [3.63, 3.8) is 0 Å². The van der Waals surface area contributed by atoms with Crippen LogP contribution in [-0.2, 0) is 6.42 Å². The fourth-order valence-electron chi connectivity index (χ4n) is 2.61. The quantitative estimate of drug-likeness (QED) is 0.724. The number of aromatic nitrogens is 1. The Bertz CT molecular complexity index is 914. The number of benzene rings is 1. The Morgan fingerprint density at radius 3 is 2.71 bits per heavy atom. The molecule has 2 heterocycles. The summed E-state index contributed by atoms with van der Waals surface area (Å²) in [4.78, 5) is 18.6. The highest BCUT2D eigenvalue weighted by molar-refractivity contribution is 7.21. The molecular weight excluding hydrogens is 318 g/mol. The van der Waals surface area contributed by atoms with Crippen molar-refractivity contribution in [3.05, 3.63) is 52.0 Å². The SMILES string of the molecule is CCCc1ccc2c(N)c(C(=O)Nc3ccc(C)c(C)c3)sc2n1. The molecule has 0 atom stereocenters. The van der Waals surface area contributed by atoms with Gasteiger partial charge in [-0.05, 0) is 55.7 Å². The second-order valence-corrected chi connectivity index (χ2v) is 7.00. The fourth-order valence-corrected chi connectivity index (χ4v) is 3.61. The van der Waals surface area contributed by atoms with E-state index in [-0.39, 0.29) is 5.91 Å². The van der Waals surface area contributed by atoms with Crippen LogP contribution in [0.5, 0.6) is 0 Å². The van der Waals surface area contributed by atoms with E-state index in [9.17, 15) is 4.79 Å². The molecule has 0 fully saturated rings. The van der Waals surface area contributed by atoms with E-state index in [1.54, 1.807) is 0 Å². The second-order valence-electron chi connectivity index (χ2n) is 6.00. The van der Waals surface area contributed by atoms with Crippen molar-refractivity contribution in [1.82, 2.24) is 4.98 Å². The lowest BCUT2D eigenvalue weighted by molar-refractivity contribution is 0.103. The van der Waals surface area contributed by atoms with E-state index < -0.39 is 0 Å². The van der Waals surface area contributed by atoms with Gasteiger partial charge in [0.25, 0.3) is 5.91 Å². The minimum absolute atomic E-state index is 0.184. The maximum atomic E-state index is 12.6. The minimum Gasteiger partial charge on any atom is -0.397 e. The third-order valence-corrected chi connectivity index (χ3v) is 5.24. The second kappa shape index (κ2) is 6.61. The van der Waals surface area contributed by atoms with Gasteiger partial charge >= 0.3 is 0 Å². The Kier molecular flexibility index (Phi) is 4.53. The van der Waals surface area contributed by atoms with Crippen LogP contribution in [0.2, 0.25) is 0 Å². The Hall–Kier alpha value is -2.40. The number of nitrogen functional groups attached to an aromatic ring is 1. The number of thiophene rings is 1. The molecule has 0 unspecified atom stereocenters. The summed E-state index contributed by atoms with van der Waals surface area (Å²) in [6.45, 7) is 6.19. The van der Waals surface area contributed by atoms with E-state index in [4.69, 9.17) is 5.73 Å². The molecule has 3 aromatic rings. The van der Waals surface area contributed by atoms with Crippen LogP contribution in [-0.4, -0.2) is 10.9 Å². The van der Waals surface area contributed by atoms with Gasteiger partial charge < -0.3 is 11.1 Å². The summed E-state index contributed by atoms with van der Waals surface area (Å²) in [5.74, 6) is -0.184. The van der Waals surface area contributed by atoms with Gasteiger partial charge in [-0.2, -0.15) is 0 Å². The van der Waals surface area contributed by atoms with Gasteiger partial charge in [0.1, 0.15) is 9.71 Å². The van der Waals surface area contributed by atoms with Gasteiger partial charge in [0.2, 0.25) is 0 Å². The van der Waals surface area contributed by atoms with Gasteiger partial charge in [0, 0.05) is 16.8 Å². The molecule has 0 radical (unpaired) electrons. The topological polar surface area (TPSA) is 68.0 Å². The van der Waals surface area contributed by atoms with Gasteiger partial charge in [0.05, 0.1) is 5.69 Å². The molecule has 1 amide bonds. The van der Waals surface area contributed by atoms with Gasteiger partial charge in [0.15, 0.2) is 0 Å². The molecule has 3 rings (SSSR count). The summed E-state index contributed by atoms with van der Waals surface area (Å²) in [5, 5.41) is 3.78. The van der Waals surface area contributed by atoms with Gasteiger partial charge in [-0.3, -0.25) is 4.79 Å². The van der Waals surface area contributed by atoms with Crippen molar-refractivity contribution in [3.8, 4) is 0 Å². The maximum absolute atomic E-state index is 12.6. The molecule has 0 bridgehead atoms. The normalized spacial score (nSPS) is 11.0. The van der Waals surface area contributed by atoms with Crippen LogP contribution < -0.4 is 11.1 Å². The first kappa shape index (κ1) is 16.5. The van der Waals surface area contributed by atoms with E-state index >= 15 is 0 Å². The summed E-state index contributed by atoms with van der Waals surface area (Å²) in [6.07, 6.45) is 1.97. The van der Waals surface area contributed by atoms with E-state index in [2.05, 4.69) is 17.2 Å². The number of aryl methyl sites for hydroxylation is 3. The average Bonchev–Trinajstić information content (AvgIpc) is 2.88. The molecule has 1 aromatic carbocycles. The van der Waals surface area contributed by atoms with Crippen molar-refractivity contribution in [2.45, 2.75) is 33.6 Å². The van der Waals surface area contributed by atoms with Gasteiger partial charge in [-0.15, -0.1) is 11.3 Å². The molecule has 0 spiro atoms. The van der Waals surface area contributed by atoms with Crippen molar-refractivity contribution < 1.29 is 4.79 Å². The lowest BCUT2D eigenvalue weighted by Gasteiger charge is -2.07. The number of hydrogen-bond acceptors (Lipinski definition) is 4. The lowest BCUT2D eigenvalue weighted by Crippen LogP contribution is -2.12. The molecule has 24 heavy (non-hydrogen) atoms. The summed E-state index contributed by atoms with van der Waals surface area (Å²) in [6, 6.07) is 9.82. The van der Waals surface area contributed by atoms with Crippen molar-refractivity contribution in [1.29, 1.82) is 0 Å². The zero-order chi connectivity index (χ0) is 17.3. The van der Waals surface area contributed by atoms with Crippen LogP contribution >= 0.6 is 11.3 Å². The summed E-state index contributed by atoms with van der Waals surface area (Å²) in [5.41, 5.74) is 10.8. The monoisotopic (exact) mass is 339 g/mol. The molecule has 0 aliphatic carbocycles. The number of anilines is 2. The number of carbonyl (C=O) groups is 1. The van der Waals surface area contributed by atoms with Crippen molar-refractivity contribution in [2.75, 3.05) is 11.1 Å². The Balaban J connectivity index is 1.91. The Morgan fingerprint density at radius 1 is 1.21 bits per heavy atom. The van der Waals surface area contributed by atoms with Crippen LogP contribution in [0.1, 0.15) is 39.8 Å². The Morgan fingerprint density at radius 2 is 2.00 bits per heavy atom. The zero-order valence-electron chi connectivity index (χ0n) is 14.1. The highest BCUT2D eigenvalue weighted by Gasteiger charge is 2.17. The van der Waals surface area contributed by atoms with E-state index in [0.717, 1.165) is 40.0 Å². The molecule has 0 aliphatic heterocycles. The number of nitrogens with zero attached hydrogens (tertiary/aromatic N) is 1. The molecule has 4 nitrogen and oxygen atoms in total. The summed E-state index contributed by atoms with van der Waals surface area (Å²) < 4.78 is 0. The maximum Gasteiger partial charge on any atom is 0.267 e. The van der Waals surface area contributed by atoms with E-state index in [1.807, 2.05) is 44.2 Å². The van der Waals surface area contributed by atoms with Crippen LogP contribution in [0.15, 0.2) is 30.3 Å². The minimum atomic E-state index is -0.184.